The molecule has 0 saturated carbocycles. The molecule has 2 N–H and O–H groups in total. The SMILES string of the molecule is CCn1ncnc1CSc1ccc(Cl)cc1N. The average Bonchev–Trinajstić information content (AvgIpc) is 2.75. The largest absolute Gasteiger partial charge is 0.398 e. The highest BCUT2D eigenvalue weighted by Gasteiger charge is 2.06. The fourth-order valence-corrected chi connectivity index (χ4v) is 2.54. The van der Waals surface area contributed by atoms with Gasteiger partial charge >= 0.3 is 0 Å². The quantitative estimate of drug-likeness (QED) is 0.684. The second kappa shape index (κ2) is 5.42. The number of hydrogen-bond acceptors (Lipinski definition) is 4. The minimum absolute atomic E-state index is 0.656. The van der Waals surface area contributed by atoms with Crippen LogP contribution in [0.1, 0.15) is 12.7 Å². The maximum atomic E-state index is 5.88. The molecule has 0 amide bonds. The molecule has 0 fully saturated rings. The summed E-state index contributed by atoms with van der Waals surface area (Å²) in [5, 5.41) is 4.78. The van der Waals surface area contributed by atoms with Crippen LogP contribution in [0.25, 0.3) is 0 Å². The highest BCUT2D eigenvalue weighted by molar-refractivity contribution is 7.98. The molecule has 2 aromatic rings. The first-order chi connectivity index (χ1) is 8.20. The van der Waals surface area contributed by atoms with Crippen molar-refractivity contribution in [3.63, 3.8) is 0 Å². The first-order valence-electron chi connectivity index (χ1n) is 5.25. The number of benzene rings is 1. The Morgan fingerprint density at radius 1 is 1.47 bits per heavy atom. The highest BCUT2D eigenvalue weighted by atomic mass is 35.5. The molecule has 0 radical (unpaired) electrons. The molecule has 0 unspecified atom stereocenters. The first-order valence-corrected chi connectivity index (χ1v) is 6.61. The zero-order valence-electron chi connectivity index (χ0n) is 9.43. The zero-order valence-corrected chi connectivity index (χ0v) is 11.0. The summed E-state index contributed by atoms with van der Waals surface area (Å²) < 4.78 is 1.87. The molecular formula is C11H13ClN4S. The number of aromatic nitrogens is 3. The van der Waals surface area contributed by atoms with Crippen molar-refractivity contribution < 1.29 is 0 Å². The second-order valence-electron chi connectivity index (χ2n) is 3.46. The van der Waals surface area contributed by atoms with E-state index < -0.39 is 0 Å². The molecule has 1 heterocycles. The fraction of sp³-hybridized carbons (Fsp3) is 0.273. The summed E-state index contributed by atoms with van der Waals surface area (Å²) in [6, 6.07) is 5.52. The number of anilines is 1. The van der Waals surface area contributed by atoms with Crippen molar-refractivity contribution in [2.75, 3.05) is 5.73 Å². The number of nitrogens with two attached hydrogens (primary N) is 1. The fourth-order valence-electron chi connectivity index (χ4n) is 1.46. The van der Waals surface area contributed by atoms with Gasteiger partial charge in [-0.2, -0.15) is 5.10 Å². The van der Waals surface area contributed by atoms with Crippen LogP contribution < -0.4 is 5.73 Å². The Morgan fingerprint density at radius 2 is 2.29 bits per heavy atom. The van der Waals surface area contributed by atoms with E-state index in [0.29, 0.717) is 10.7 Å². The van der Waals surface area contributed by atoms with Crippen LogP contribution in [-0.4, -0.2) is 14.8 Å². The molecule has 2 rings (SSSR count). The molecule has 0 spiro atoms. The Labute approximate surface area is 109 Å². The van der Waals surface area contributed by atoms with E-state index in [2.05, 4.69) is 10.1 Å². The average molecular weight is 269 g/mol. The predicted octanol–water partition coefficient (Wildman–Crippen LogP) is 2.83. The molecule has 0 aliphatic carbocycles. The maximum Gasteiger partial charge on any atom is 0.138 e. The monoisotopic (exact) mass is 268 g/mol. The van der Waals surface area contributed by atoms with Gasteiger partial charge in [-0.05, 0) is 25.1 Å². The van der Waals surface area contributed by atoms with Crippen molar-refractivity contribution in [2.24, 2.45) is 0 Å². The lowest BCUT2D eigenvalue weighted by atomic mass is 10.3. The maximum absolute atomic E-state index is 5.88. The van der Waals surface area contributed by atoms with Crippen LogP contribution in [0.3, 0.4) is 0 Å². The van der Waals surface area contributed by atoms with Gasteiger partial charge in [-0.1, -0.05) is 11.6 Å². The van der Waals surface area contributed by atoms with Gasteiger partial charge < -0.3 is 5.73 Å². The van der Waals surface area contributed by atoms with E-state index in [9.17, 15) is 0 Å². The molecule has 1 aromatic heterocycles. The van der Waals surface area contributed by atoms with Gasteiger partial charge in [-0.15, -0.1) is 11.8 Å². The van der Waals surface area contributed by atoms with Crippen molar-refractivity contribution >= 4 is 29.1 Å². The minimum atomic E-state index is 0.656. The van der Waals surface area contributed by atoms with Crippen molar-refractivity contribution in [3.8, 4) is 0 Å². The molecule has 0 atom stereocenters. The van der Waals surface area contributed by atoms with Crippen molar-refractivity contribution in [1.29, 1.82) is 0 Å². The van der Waals surface area contributed by atoms with Gasteiger partial charge in [-0.25, -0.2) is 9.67 Å². The predicted molar refractivity (Wildman–Crippen MR) is 71.1 cm³/mol. The molecule has 0 aliphatic heterocycles. The van der Waals surface area contributed by atoms with E-state index in [4.69, 9.17) is 17.3 Å². The molecule has 1 aromatic carbocycles. The van der Waals surface area contributed by atoms with Gasteiger partial charge in [0.25, 0.3) is 0 Å². The molecule has 6 heteroatoms. The lowest BCUT2D eigenvalue weighted by molar-refractivity contribution is 0.632. The molecule has 90 valence electrons. The van der Waals surface area contributed by atoms with Gasteiger partial charge in [-0.3, -0.25) is 0 Å². The Kier molecular flexibility index (Phi) is 3.91. The zero-order chi connectivity index (χ0) is 12.3. The molecule has 0 aliphatic rings. The van der Waals surface area contributed by atoms with E-state index in [1.165, 1.54) is 0 Å². The van der Waals surface area contributed by atoms with Gasteiger partial charge in [0.2, 0.25) is 0 Å². The molecule has 0 saturated heterocycles. The number of nitrogens with zero attached hydrogens (tertiary/aromatic N) is 3. The lowest BCUT2D eigenvalue weighted by Crippen LogP contribution is -2.02. The standard InChI is InChI=1S/C11H13ClN4S/c1-2-16-11(14-7-15-16)6-17-10-4-3-8(12)5-9(10)13/h3-5,7H,2,6,13H2,1H3. The Bertz CT molecular complexity index is 512. The molecule has 0 bridgehead atoms. The van der Waals surface area contributed by atoms with Crippen LogP contribution in [0.2, 0.25) is 5.02 Å². The summed E-state index contributed by atoms with van der Waals surface area (Å²) in [4.78, 5) is 5.23. The van der Waals surface area contributed by atoms with Gasteiger partial charge in [0.05, 0.1) is 5.75 Å². The van der Waals surface area contributed by atoms with Crippen LogP contribution in [0, 0.1) is 0 Å². The van der Waals surface area contributed by atoms with Gasteiger partial charge in [0.1, 0.15) is 12.2 Å². The summed E-state index contributed by atoms with van der Waals surface area (Å²) in [5.74, 6) is 1.70. The second-order valence-corrected chi connectivity index (χ2v) is 4.92. The summed E-state index contributed by atoms with van der Waals surface area (Å²) in [7, 11) is 0. The van der Waals surface area contributed by atoms with Crippen molar-refractivity contribution in [3.05, 3.63) is 35.4 Å². The van der Waals surface area contributed by atoms with E-state index in [0.717, 1.165) is 23.0 Å². The lowest BCUT2D eigenvalue weighted by Gasteiger charge is -2.06. The van der Waals surface area contributed by atoms with Crippen molar-refractivity contribution in [1.82, 2.24) is 14.8 Å². The minimum Gasteiger partial charge on any atom is -0.398 e. The normalized spacial score (nSPS) is 10.7. The number of aryl methyl sites for hydroxylation is 1. The summed E-state index contributed by atoms with van der Waals surface area (Å²) >= 11 is 7.48. The highest BCUT2D eigenvalue weighted by Crippen LogP contribution is 2.29. The third kappa shape index (κ3) is 2.92. The van der Waals surface area contributed by atoms with Crippen LogP contribution in [0.5, 0.6) is 0 Å². The first kappa shape index (κ1) is 12.3. The summed E-state index contributed by atoms with van der Waals surface area (Å²) in [5.41, 5.74) is 6.58. The van der Waals surface area contributed by atoms with Crippen LogP contribution in [0.4, 0.5) is 5.69 Å². The number of halogens is 1. The molecule has 4 nitrogen and oxygen atoms in total. The molecular weight excluding hydrogens is 256 g/mol. The van der Waals surface area contributed by atoms with Crippen molar-refractivity contribution in [2.45, 2.75) is 24.1 Å². The van der Waals surface area contributed by atoms with Crippen LogP contribution in [0.15, 0.2) is 29.4 Å². The summed E-state index contributed by atoms with van der Waals surface area (Å²) in [6.07, 6.45) is 1.57. The number of nitrogen functional groups attached to an aromatic ring is 1. The third-order valence-corrected chi connectivity index (χ3v) is 3.64. The van der Waals surface area contributed by atoms with Crippen LogP contribution in [-0.2, 0) is 12.3 Å². The third-order valence-electron chi connectivity index (χ3n) is 2.32. The van der Waals surface area contributed by atoms with E-state index in [-0.39, 0.29) is 0 Å². The molecule has 17 heavy (non-hydrogen) atoms. The Morgan fingerprint density at radius 3 is 3.00 bits per heavy atom. The Hall–Kier alpha value is -1.20. The van der Waals surface area contributed by atoms with Crippen LogP contribution >= 0.6 is 23.4 Å². The van der Waals surface area contributed by atoms with E-state index >= 15 is 0 Å². The van der Waals surface area contributed by atoms with E-state index in [1.54, 1.807) is 24.2 Å². The smallest absolute Gasteiger partial charge is 0.138 e. The van der Waals surface area contributed by atoms with Gasteiger partial charge in [0, 0.05) is 22.2 Å². The summed E-state index contributed by atoms with van der Waals surface area (Å²) in [6.45, 7) is 2.87. The Balaban J connectivity index is 2.07. The van der Waals surface area contributed by atoms with E-state index in [1.807, 2.05) is 23.7 Å². The number of thioether (sulfide) groups is 1. The number of rotatable bonds is 4. The van der Waals surface area contributed by atoms with Gasteiger partial charge in [0.15, 0.2) is 0 Å². The topological polar surface area (TPSA) is 56.7 Å². The number of hydrogen-bond donors (Lipinski definition) is 1.